The van der Waals surface area contributed by atoms with E-state index in [1.54, 1.807) is 35.4 Å². The number of piperidine rings is 1. The van der Waals surface area contributed by atoms with Crippen molar-refractivity contribution in [3.63, 3.8) is 0 Å². The molecule has 2 heterocycles. The van der Waals surface area contributed by atoms with E-state index < -0.39 is 11.7 Å². The van der Waals surface area contributed by atoms with E-state index in [9.17, 15) is 18.0 Å². The Bertz CT molecular complexity index is 744. The predicted octanol–water partition coefficient (Wildman–Crippen LogP) is 4.85. The SMILES string of the molecule is O=C(NCc1ccco1)N1CCC[C@@H](CCc2ccccc2C(F)(F)F)C1. The maximum atomic E-state index is 13.1. The van der Waals surface area contributed by atoms with Gasteiger partial charge in [-0.1, -0.05) is 18.2 Å². The van der Waals surface area contributed by atoms with Crippen LogP contribution < -0.4 is 5.32 Å². The van der Waals surface area contributed by atoms with Crippen LogP contribution >= 0.6 is 0 Å². The van der Waals surface area contributed by atoms with Gasteiger partial charge in [0.15, 0.2) is 0 Å². The topological polar surface area (TPSA) is 45.5 Å². The van der Waals surface area contributed by atoms with Crippen molar-refractivity contribution in [2.75, 3.05) is 13.1 Å². The van der Waals surface area contributed by atoms with Crippen molar-refractivity contribution in [2.45, 2.75) is 38.4 Å². The zero-order chi connectivity index (χ0) is 19.3. The van der Waals surface area contributed by atoms with Gasteiger partial charge in [0.2, 0.25) is 0 Å². The third kappa shape index (κ3) is 5.28. The molecule has 0 unspecified atom stereocenters. The number of rotatable bonds is 5. The Morgan fingerprint density at radius 2 is 2.04 bits per heavy atom. The van der Waals surface area contributed by atoms with E-state index >= 15 is 0 Å². The highest BCUT2D eigenvalue weighted by molar-refractivity contribution is 5.74. The molecule has 1 saturated heterocycles. The average Bonchev–Trinajstić information content (AvgIpc) is 3.18. The first kappa shape index (κ1) is 19.3. The summed E-state index contributed by atoms with van der Waals surface area (Å²) in [5, 5.41) is 2.82. The van der Waals surface area contributed by atoms with Gasteiger partial charge in [0, 0.05) is 13.1 Å². The molecule has 1 atom stereocenters. The number of aryl methyl sites for hydroxylation is 1. The van der Waals surface area contributed by atoms with Gasteiger partial charge in [0.25, 0.3) is 0 Å². The molecule has 0 spiro atoms. The van der Waals surface area contributed by atoms with Gasteiger partial charge >= 0.3 is 12.2 Å². The van der Waals surface area contributed by atoms with Crippen molar-refractivity contribution in [2.24, 2.45) is 5.92 Å². The van der Waals surface area contributed by atoms with Gasteiger partial charge in [-0.25, -0.2) is 4.79 Å². The van der Waals surface area contributed by atoms with E-state index in [0.717, 1.165) is 18.9 Å². The number of furan rings is 1. The highest BCUT2D eigenvalue weighted by Gasteiger charge is 2.33. The molecule has 146 valence electrons. The lowest BCUT2D eigenvalue weighted by atomic mass is 9.90. The smallest absolute Gasteiger partial charge is 0.416 e. The Morgan fingerprint density at radius 3 is 2.78 bits per heavy atom. The molecule has 2 aromatic rings. The van der Waals surface area contributed by atoms with Crippen LogP contribution in [0.1, 0.15) is 36.1 Å². The molecule has 1 aromatic heterocycles. The number of amides is 2. The Balaban J connectivity index is 1.52. The number of carbonyl (C=O) groups excluding carboxylic acids is 1. The van der Waals surface area contributed by atoms with E-state index in [-0.39, 0.29) is 11.9 Å². The predicted molar refractivity (Wildman–Crippen MR) is 95.0 cm³/mol. The molecular weight excluding hydrogens is 357 g/mol. The van der Waals surface area contributed by atoms with Crippen molar-refractivity contribution < 1.29 is 22.4 Å². The minimum Gasteiger partial charge on any atom is -0.467 e. The zero-order valence-corrected chi connectivity index (χ0v) is 15.0. The van der Waals surface area contributed by atoms with Gasteiger partial charge in [0.05, 0.1) is 18.4 Å². The second kappa shape index (κ2) is 8.50. The number of likely N-dealkylation sites (tertiary alicyclic amines) is 1. The number of urea groups is 1. The molecule has 1 aliphatic heterocycles. The standard InChI is InChI=1S/C20H23F3N2O2/c21-20(22,23)18-8-2-1-6-16(18)10-9-15-5-3-11-25(14-15)19(26)24-13-17-7-4-12-27-17/h1-2,4,6-8,12,15H,3,5,9-11,13-14H2,(H,24,26)/t15-/m0/s1. The summed E-state index contributed by atoms with van der Waals surface area (Å²) in [5.74, 6) is 0.884. The van der Waals surface area contributed by atoms with Crippen LogP contribution in [0.25, 0.3) is 0 Å². The van der Waals surface area contributed by atoms with Gasteiger partial charge in [-0.3, -0.25) is 0 Å². The molecule has 0 saturated carbocycles. The number of nitrogens with zero attached hydrogens (tertiary/aromatic N) is 1. The second-order valence-electron chi connectivity index (χ2n) is 6.89. The van der Waals surface area contributed by atoms with Crippen LogP contribution in [-0.2, 0) is 19.1 Å². The van der Waals surface area contributed by atoms with E-state index in [0.29, 0.717) is 43.8 Å². The molecule has 1 N–H and O–H groups in total. The molecule has 4 nitrogen and oxygen atoms in total. The van der Waals surface area contributed by atoms with Crippen LogP contribution in [0.4, 0.5) is 18.0 Å². The first-order chi connectivity index (χ1) is 12.9. The summed E-state index contributed by atoms with van der Waals surface area (Å²) < 4.78 is 44.5. The fourth-order valence-corrected chi connectivity index (χ4v) is 3.55. The van der Waals surface area contributed by atoms with Crippen LogP contribution in [-0.4, -0.2) is 24.0 Å². The molecule has 1 aromatic carbocycles. The van der Waals surface area contributed by atoms with Gasteiger partial charge in [-0.05, 0) is 55.4 Å². The normalized spacial score (nSPS) is 17.7. The van der Waals surface area contributed by atoms with Crippen molar-refractivity contribution in [3.8, 4) is 0 Å². The van der Waals surface area contributed by atoms with Crippen LogP contribution in [0.2, 0.25) is 0 Å². The third-order valence-electron chi connectivity index (χ3n) is 4.94. The summed E-state index contributed by atoms with van der Waals surface area (Å²) in [7, 11) is 0. The largest absolute Gasteiger partial charge is 0.467 e. The maximum Gasteiger partial charge on any atom is 0.416 e. The van der Waals surface area contributed by atoms with Crippen molar-refractivity contribution >= 4 is 6.03 Å². The van der Waals surface area contributed by atoms with Gasteiger partial charge in [-0.2, -0.15) is 13.2 Å². The van der Waals surface area contributed by atoms with Crippen molar-refractivity contribution in [1.29, 1.82) is 0 Å². The lowest BCUT2D eigenvalue weighted by Gasteiger charge is -2.33. The molecule has 7 heteroatoms. The molecule has 1 fully saturated rings. The summed E-state index contributed by atoms with van der Waals surface area (Å²) >= 11 is 0. The van der Waals surface area contributed by atoms with Crippen LogP contribution in [0.3, 0.4) is 0 Å². The minimum atomic E-state index is -4.33. The van der Waals surface area contributed by atoms with Crippen LogP contribution in [0.5, 0.6) is 0 Å². The summed E-state index contributed by atoms with van der Waals surface area (Å²) in [6, 6.07) is 9.11. The lowest BCUT2D eigenvalue weighted by Crippen LogP contribution is -2.45. The van der Waals surface area contributed by atoms with Gasteiger partial charge in [-0.15, -0.1) is 0 Å². The van der Waals surface area contributed by atoms with Crippen LogP contribution in [0.15, 0.2) is 47.1 Å². The fraction of sp³-hybridized carbons (Fsp3) is 0.450. The van der Waals surface area contributed by atoms with Gasteiger partial charge in [0.1, 0.15) is 5.76 Å². The van der Waals surface area contributed by atoms with Gasteiger partial charge < -0.3 is 14.6 Å². The Hall–Kier alpha value is -2.44. The van der Waals surface area contributed by atoms with E-state index in [4.69, 9.17) is 4.42 Å². The Labute approximate surface area is 156 Å². The van der Waals surface area contributed by atoms with Crippen molar-refractivity contribution in [1.82, 2.24) is 10.2 Å². The summed E-state index contributed by atoms with van der Waals surface area (Å²) in [4.78, 5) is 14.1. The quantitative estimate of drug-likeness (QED) is 0.806. The molecule has 27 heavy (non-hydrogen) atoms. The number of alkyl halides is 3. The minimum absolute atomic E-state index is 0.160. The van der Waals surface area contributed by atoms with Crippen LogP contribution in [0, 0.1) is 5.92 Å². The van der Waals surface area contributed by atoms with E-state index in [1.807, 2.05) is 0 Å². The number of nitrogens with one attached hydrogen (secondary N) is 1. The highest BCUT2D eigenvalue weighted by Crippen LogP contribution is 2.33. The molecule has 3 rings (SSSR count). The van der Waals surface area contributed by atoms with E-state index in [2.05, 4.69) is 5.32 Å². The molecular formula is C20H23F3N2O2. The average molecular weight is 380 g/mol. The van der Waals surface area contributed by atoms with Crippen molar-refractivity contribution in [3.05, 3.63) is 59.5 Å². The molecule has 0 radical (unpaired) electrons. The zero-order valence-electron chi connectivity index (χ0n) is 15.0. The maximum absolute atomic E-state index is 13.1. The Morgan fingerprint density at radius 1 is 1.22 bits per heavy atom. The second-order valence-corrected chi connectivity index (χ2v) is 6.89. The number of halogens is 3. The number of carbonyl (C=O) groups is 1. The number of hydrogen-bond acceptors (Lipinski definition) is 2. The number of hydrogen-bond donors (Lipinski definition) is 1. The molecule has 2 amide bonds. The third-order valence-corrected chi connectivity index (χ3v) is 4.94. The summed E-state index contributed by atoms with van der Waals surface area (Å²) in [6.45, 7) is 1.56. The highest BCUT2D eigenvalue weighted by atomic mass is 19.4. The first-order valence-electron chi connectivity index (χ1n) is 9.14. The summed E-state index contributed by atoms with van der Waals surface area (Å²) in [6.07, 6.45) is 0.00526. The summed E-state index contributed by atoms with van der Waals surface area (Å²) in [5.41, 5.74) is -0.238. The number of benzene rings is 1. The molecule has 1 aliphatic rings. The fourth-order valence-electron chi connectivity index (χ4n) is 3.55. The lowest BCUT2D eigenvalue weighted by molar-refractivity contribution is -0.138. The first-order valence-corrected chi connectivity index (χ1v) is 9.14. The Kier molecular flexibility index (Phi) is 6.08. The molecule has 0 aliphatic carbocycles. The molecule has 0 bridgehead atoms. The van der Waals surface area contributed by atoms with E-state index in [1.165, 1.54) is 6.07 Å². The monoisotopic (exact) mass is 380 g/mol.